The highest BCUT2D eigenvalue weighted by molar-refractivity contribution is 7.86. The van der Waals surface area contributed by atoms with E-state index in [2.05, 4.69) is 24.1 Å². The molecule has 2 atom stereocenters. The smallest absolute Gasteiger partial charge is 0.235 e. The van der Waals surface area contributed by atoms with Gasteiger partial charge in [-0.05, 0) is 25.3 Å². The van der Waals surface area contributed by atoms with Crippen LogP contribution in [0, 0.1) is 5.92 Å². The van der Waals surface area contributed by atoms with Crippen molar-refractivity contribution in [2.75, 3.05) is 12.3 Å². The van der Waals surface area contributed by atoms with Gasteiger partial charge in [0.15, 0.2) is 0 Å². The molecule has 2 unspecified atom stereocenters. The summed E-state index contributed by atoms with van der Waals surface area (Å²) in [4.78, 5) is 16.2. The Morgan fingerprint density at radius 3 is 2.74 bits per heavy atom. The summed E-state index contributed by atoms with van der Waals surface area (Å²) in [5, 5.41) is 2.17. The molecule has 0 aliphatic heterocycles. The summed E-state index contributed by atoms with van der Waals surface area (Å²) in [5.74, 6) is 0.312. The second kappa shape index (κ2) is 7.23. The predicted octanol–water partition coefficient (Wildman–Crippen LogP) is 1.32. The Morgan fingerprint density at radius 1 is 1.47 bits per heavy atom. The zero-order valence-electron chi connectivity index (χ0n) is 11.6. The lowest BCUT2D eigenvalue weighted by Gasteiger charge is -2.13. The third-order valence-electron chi connectivity index (χ3n) is 2.74. The number of pyridine rings is 1. The van der Waals surface area contributed by atoms with Crippen molar-refractivity contribution in [3.63, 3.8) is 0 Å². The van der Waals surface area contributed by atoms with Crippen LogP contribution in [0.5, 0.6) is 0 Å². The van der Waals surface area contributed by atoms with Gasteiger partial charge in [-0.2, -0.15) is 0 Å². The molecule has 1 aromatic rings. The number of hydrogen-bond donors (Lipinski definition) is 2. The highest BCUT2D eigenvalue weighted by Crippen LogP contribution is 2.17. The number of carbonyl (C=O) groups excluding carboxylic acids is 1. The van der Waals surface area contributed by atoms with E-state index in [4.69, 9.17) is 5.73 Å². The van der Waals surface area contributed by atoms with E-state index in [-0.39, 0.29) is 5.91 Å². The highest BCUT2D eigenvalue weighted by Gasteiger charge is 2.22. The number of rotatable bonds is 6. The molecule has 106 valence electrons. The molecule has 6 heteroatoms. The summed E-state index contributed by atoms with van der Waals surface area (Å²) in [6.07, 6.45) is 3.87. The molecule has 1 amide bonds. The van der Waals surface area contributed by atoms with Crippen LogP contribution in [0.4, 0.5) is 5.69 Å². The van der Waals surface area contributed by atoms with Crippen LogP contribution in [0.3, 0.4) is 0 Å². The van der Waals surface area contributed by atoms with E-state index in [0.29, 0.717) is 23.0 Å². The number of nitrogens with zero attached hydrogens (tertiary/aromatic N) is 1. The molecule has 0 aliphatic carbocycles. The van der Waals surface area contributed by atoms with Crippen LogP contribution < -0.4 is 11.1 Å². The molecule has 0 saturated carbocycles. The minimum Gasteiger partial charge on any atom is -0.396 e. The fraction of sp³-hybridized carbons (Fsp3) is 0.538. The number of anilines is 1. The number of nitrogens with one attached hydrogen (secondary N) is 1. The third kappa shape index (κ3) is 4.63. The first kappa shape index (κ1) is 15.6. The van der Waals surface area contributed by atoms with E-state index >= 15 is 0 Å². The van der Waals surface area contributed by atoms with Crippen LogP contribution in [-0.4, -0.2) is 26.9 Å². The normalized spacial score (nSPS) is 14.1. The molecule has 1 rings (SSSR count). The van der Waals surface area contributed by atoms with Crippen molar-refractivity contribution in [1.82, 2.24) is 10.3 Å². The van der Waals surface area contributed by atoms with Gasteiger partial charge in [0.1, 0.15) is 5.25 Å². The van der Waals surface area contributed by atoms with Crippen LogP contribution in [0.1, 0.15) is 27.2 Å². The van der Waals surface area contributed by atoms with Crippen molar-refractivity contribution in [3.05, 3.63) is 18.5 Å². The van der Waals surface area contributed by atoms with Gasteiger partial charge >= 0.3 is 0 Å². The molecule has 0 saturated heterocycles. The van der Waals surface area contributed by atoms with E-state index in [0.717, 1.165) is 6.42 Å². The standard InChI is InChI=1S/C13H21N3O2S/c1-9(2)4-7-16-13(17)10(3)19(18)12-5-6-15-8-11(12)14/h5-6,8-10H,4,7,14H2,1-3H3,(H,16,17). The summed E-state index contributed by atoms with van der Waals surface area (Å²) >= 11 is 0. The van der Waals surface area contributed by atoms with Gasteiger partial charge in [0, 0.05) is 12.7 Å². The van der Waals surface area contributed by atoms with E-state index in [9.17, 15) is 9.00 Å². The molecule has 1 aromatic heterocycles. The summed E-state index contributed by atoms with van der Waals surface area (Å²) in [7, 11) is -1.46. The van der Waals surface area contributed by atoms with Gasteiger partial charge in [0.25, 0.3) is 0 Å². The Kier molecular flexibility index (Phi) is 5.95. The average molecular weight is 283 g/mol. The van der Waals surface area contributed by atoms with E-state index < -0.39 is 16.0 Å². The zero-order chi connectivity index (χ0) is 14.4. The van der Waals surface area contributed by atoms with E-state index in [1.54, 1.807) is 13.0 Å². The number of nitrogens with two attached hydrogens (primary N) is 1. The maximum atomic E-state index is 12.2. The molecule has 19 heavy (non-hydrogen) atoms. The van der Waals surface area contributed by atoms with Gasteiger partial charge in [-0.25, -0.2) is 0 Å². The first-order valence-electron chi connectivity index (χ1n) is 6.31. The maximum Gasteiger partial charge on any atom is 0.235 e. The second-order valence-electron chi connectivity index (χ2n) is 4.83. The summed E-state index contributed by atoms with van der Waals surface area (Å²) < 4.78 is 12.2. The van der Waals surface area contributed by atoms with Gasteiger partial charge in [-0.1, -0.05) is 13.8 Å². The SMILES string of the molecule is CC(C)CCNC(=O)C(C)S(=O)c1ccncc1N. The molecule has 0 aliphatic rings. The quantitative estimate of drug-likeness (QED) is 0.824. The van der Waals surface area contributed by atoms with Crippen molar-refractivity contribution >= 4 is 22.4 Å². The zero-order valence-corrected chi connectivity index (χ0v) is 12.4. The lowest BCUT2D eigenvalue weighted by Crippen LogP contribution is -2.36. The Balaban J connectivity index is 2.62. The first-order chi connectivity index (χ1) is 8.93. The van der Waals surface area contributed by atoms with Crippen LogP contribution in [0.15, 0.2) is 23.4 Å². The van der Waals surface area contributed by atoms with Crippen LogP contribution in [0.25, 0.3) is 0 Å². The fourth-order valence-corrected chi connectivity index (χ4v) is 2.63. The topological polar surface area (TPSA) is 85.1 Å². The minimum atomic E-state index is -1.46. The number of aromatic nitrogens is 1. The first-order valence-corrected chi connectivity index (χ1v) is 7.52. The van der Waals surface area contributed by atoms with Crippen molar-refractivity contribution in [3.8, 4) is 0 Å². The van der Waals surface area contributed by atoms with Gasteiger partial charge in [0.05, 0.1) is 27.6 Å². The maximum absolute atomic E-state index is 12.2. The molecule has 0 spiro atoms. The second-order valence-corrected chi connectivity index (χ2v) is 6.57. The van der Waals surface area contributed by atoms with E-state index in [1.165, 1.54) is 12.4 Å². The lowest BCUT2D eigenvalue weighted by atomic mass is 10.1. The molecule has 0 aromatic carbocycles. The van der Waals surface area contributed by atoms with Crippen LogP contribution in [0.2, 0.25) is 0 Å². The Bertz CT molecular complexity index is 463. The number of hydrogen-bond acceptors (Lipinski definition) is 4. The van der Waals surface area contributed by atoms with Crippen LogP contribution >= 0.6 is 0 Å². The monoisotopic (exact) mass is 283 g/mol. The molecule has 1 heterocycles. The van der Waals surface area contributed by atoms with Crippen molar-refractivity contribution in [1.29, 1.82) is 0 Å². The summed E-state index contributed by atoms with van der Waals surface area (Å²) in [5.41, 5.74) is 6.06. The number of carbonyl (C=O) groups is 1. The lowest BCUT2D eigenvalue weighted by molar-refractivity contribution is -0.120. The average Bonchev–Trinajstić information content (AvgIpc) is 2.37. The van der Waals surface area contributed by atoms with Crippen LogP contribution in [-0.2, 0) is 15.6 Å². The minimum absolute atomic E-state index is 0.213. The third-order valence-corrected chi connectivity index (χ3v) is 4.40. The van der Waals surface area contributed by atoms with Crippen molar-refractivity contribution in [2.45, 2.75) is 37.3 Å². The fourth-order valence-electron chi connectivity index (χ4n) is 1.49. The van der Waals surface area contributed by atoms with Gasteiger partial charge < -0.3 is 11.1 Å². The number of amides is 1. The van der Waals surface area contributed by atoms with Crippen molar-refractivity contribution < 1.29 is 9.00 Å². The van der Waals surface area contributed by atoms with Gasteiger partial charge in [-0.3, -0.25) is 14.0 Å². The summed E-state index contributed by atoms with van der Waals surface area (Å²) in [6, 6.07) is 1.59. The molecule has 0 fully saturated rings. The highest BCUT2D eigenvalue weighted by atomic mass is 32.2. The van der Waals surface area contributed by atoms with Crippen molar-refractivity contribution in [2.24, 2.45) is 5.92 Å². The molecule has 0 radical (unpaired) electrons. The molecule has 5 nitrogen and oxygen atoms in total. The largest absolute Gasteiger partial charge is 0.396 e. The number of nitrogen functional groups attached to an aromatic ring is 1. The summed E-state index contributed by atoms with van der Waals surface area (Å²) in [6.45, 7) is 6.42. The Hall–Kier alpha value is -1.43. The molecule has 0 bridgehead atoms. The molecule has 3 N–H and O–H groups in total. The molecular formula is C13H21N3O2S. The predicted molar refractivity (Wildman–Crippen MR) is 77.0 cm³/mol. The van der Waals surface area contributed by atoms with Gasteiger partial charge in [0.2, 0.25) is 5.91 Å². The molecular weight excluding hydrogens is 262 g/mol. The van der Waals surface area contributed by atoms with Gasteiger partial charge in [-0.15, -0.1) is 0 Å². The van der Waals surface area contributed by atoms with E-state index in [1.807, 2.05) is 0 Å². The Labute approximate surface area is 116 Å². The Morgan fingerprint density at radius 2 is 2.16 bits per heavy atom.